The van der Waals surface area contributed by atoms with Crippen molar-refractivity contribution in [1.82, 2.24) is 0 Å². The Labute approximate surface area is 140 Å². The monoisotopic (exact) mass is 327 g/mol. The summed E-state index contributed by atoms with van der Waals surface area (Å²) in [7, 11) is 1.67. The maximum atomic E-state index is 11.0. The van der Waals surface area contributed by atoms with Crippen LogP contribution >= 0.6 is 0 Å². The van der Waals surface area contributed by atoms with Crippen molar-refractivity contribution in [1.29, 1.82) is 0 Å². The number of azide groups is 1. The molecule has 0 aromatic rings. The van der Waals surface area contributed by atoms with Gasteiger partial charge in [-0.2, -0.15) is 0 Å². The van der Waals surface area contributed by atoms with Gasteiger partial charge in [0.15, 0.2) is 0 Å². The fourth-order valence-corrected chi connectivity index (χ4v) is 2.69. The molecule has 0 spiro atoms. The number of ether oxygens (including phenoxy) is 1. The maximum absolute atomic E-state index is 11.0. The van der Waals surface area contributed by atoms with Gasteiger partial charge in [-0.25, -0.2) is 0 Å². The van der Waals surface area contributed by atoms with Gasteiger partial charge in [-0.05, 0) is 29.9 Å². The predicted octanol–water partition coefficient (Wildman–Crippen LogP) is 4.90. The van der Waals surface area contributed by atoms with Crippen molar-refractivity contribution in [3.63, 3.8) is 0 Å². The first-order chi connectivity index (χ1) is 11.2. The second-order valence-electron chi connectivity index (χ2n) is 6.08. The summed E-state index contributed by atoms with van der Waals surface area (Å²) in [5, 5.41) is 13.2. The van der Waals surface area contributed by atoms with E-state index in [2.05, 4.69) is 16.9 Å². The molecule has 0 aliphatic carbocycles. The molecule has 6 heteroatoms. The Morgan fingerprint density at radius 2 is 1.70 bits per heavy atom. The third-order valence-corrected chi connectivity index (χ3v) is 4.12. The van der Waals surface area contributed by atoms with Crippen LogP contribution < -0.4 is 0 Å². The van der Waals surface area contributed by atoms with Gasteiger partial charge in [0.1, 0.15) is 0 Å². The lowest BCUT2D eigenvalue weighted by molar-refractivity contribution is -0.118. The molecule has 23 heavy (non-hydrogen) atoms. The number of carbonyl (C=O) groups is 1. The number of aliphatic hydroxyl groups is 1. The zero-order valence-electron chi connectivity index (χ0n) is 14.7. The molecule has 0 aromatic carbocycles. The van der Waals surface area contributed by atoms with Crippen LogP contribution in [0.3, 0.4) is 0 Å². The topological polar surface area (TPSA) is 95.3 Å². The summed E-state index contributed by atoms with van der Waals surface area (Å²) in [5.41, 5.74) is 8.12. The fourth-order valence-electron chi connectivity index (χ4n) is 2.69. The predicted molar refractivity (Wildman–Crippen MR) is 92.0 cm³/mol. The van der Waals surface area contributed by atoms with Gasteiger partial charge in [0, 0.05) is 18.4 Å². The van der Waals surface area contributed by atoms with Gasteiger partial charge in [0.2, 0.25) is 5.91 Å². The number of carbonyl (C=O) groups excluding carboxylic acids is 1. The zero-order chi connectivity index (χ0) is 17.3. The number of amides is 1. The van der Waals surface area contributed by atoms with Crippen LogP contribution in [-0.4, -0.2) is 30.3 Å². The van der Waals surface area contributed by atoms with Crippen LogP contribution in [0.5, 0.6) is 0 Å². The minimum absolute atomic E-state index is 0.0665. The van der Waals surface area contributed by atoms with Gasteiger partial charge in [0.25, 0.3) is 0 Å². The summed E-state index contributed by atoms with van der Waals surface area (Å²) in [6.07, 6.45) is 11.2. The molecule has 2 unspecified atom stereocenters. The van der Waals surface area contributed by atoms with E-state index in [0.717, 1.165) is 51.4 Å². The van der Waals surface area contributed by atoms with Crippen molar-refractivity contribution in [3.8, 4) is 0 Å². The highest BCUT2D eigenvalue weighted by molar-refractivity contribution is 5.76. The molecule has 6 nitrogen and oxygen atoms in total. The van der Waals surface area contributed by atoms with Crippen molar-refractivity contribution in [2.45, 2.75) is 96.2 Å². The molecule has 0 aliphatic heterocycles. The molecular weight excluding hydrogens is 294 g/mol. The van der Waals surface area contributed by atoms with Gasteiger partial charge in [0.05, 0.1) is 12.2 Å². The Morgan fingerprint density at radius 3 is 2.35 bits per heavy atom. The molecule has 0 bridgehead atoms. The third kappa shape index (κ3) is 13.1. The number of aliphatic hydroxyl groups excluding tert-OH is 1. The van der Waals surface area contributed by atoms with Crippen molar-refractivity contribution >= 4 is 5.91 Å². The van der Waals surface area contributed by atoms with Crippen LogP contribution in [0, 0.1) is 0 Å². The average molecular weight is 327 g/mol. The van der Waals surface area contributed by atoms with Crippen LogP contribution in [0.15, 0.2) is 5.11 Å². The zero-order valence-corrected chi connectivity index (χ0v) is 14.7. The van der Waals surface area contributed by atoms with Gasteiger partial charge < -0.3 is 9.84 Å². The molecule has 2 atom stereocenters. The quantitative estimate of drug-likeness (QED) is 0.200. The Kier molecular flexibility index (Phi) is 15.0. The van der Waals surface area contributed by atoms with Crippen LogP contribution in [0.1, 0.15) is 84.0 Å². The molecule has 0 radical (unpaired) electrons. The molecule has 0 aromatic heterocycles. The van der Waals surface area contributed by atoms with E-state index in [1.54, 1.807) is 7.11 Å². The number of hydrogen-bond donors (Lipinski definition) is 1. The number of rotatable bonds is 15. The molecule has 0 fully saturated rings. The van der Waals surface area contributed by atoms with Crippen LogP contribution in [-0.2, 0) is 9.53 Å². The fraction of sp³-hybridized carbons (Fsp3) is 0.941. The van der Waals surface area contributed by atoms with E-state index < -0.39 is 0 Å². The van der Waals surface area contributed by atoms with Crippen molar-refractivity contribution < 1.29 is 14.6 Å². The van der Waals surface area contributed by atoms with Gasteiger partial charge in [-0.15, -0.1) is 0 Å². The molecule has 0 aliphatic rings. The number of methoxy groups -OCH3 is 1. The summed E-state index contributed by atoms with van der Waals surface area (Å²) in [4.78, 5) is 13.5. The SMILES string of the molecule is CCCCCCC(O)C(CCCCCCCC(=O)N=[N+]=[N-])OC. The van der Waals surface area contributed by atoms with Crippen LogP contribution in [0.25, 0.3) is 10.4 Å². The number of unbranched alkanes of at least 4 members (excludes halogenated alkanes) is 7. The summed E-state index contributed by atoms with van der Waals surface area (Å²) < 4.78 is 5.41. The third-order valence-electron chi connectivity index (χ3n) is 4.12. The maximum Gasteiger partial charge on any atom is 0.218 e. The Balaban J connectivity index is 3.62. The molecule has 1 amide bonds. The van der Waals surface area contributed by atoms with Crippen molar-refractivity contribution in [2.75, 3.05) is 7.11 Å². The minimum atomic E-state index is -0.377. The second kappa shape index (κ2) is 15.8. The average Bonchev–Trinajstić information content (AvgIpc) is 2.54. The first-order valence-corrected chi connectivity index (χ1v) is 8.94. The molecular formula is C17H33N3O3. The lowest BCUT2D eigenvalue weighted by atomic mass is 10.00. The largest absolute Gasteiger partial charge is 0.390 e. The standard InChI is InChI=1S/C17H33N3O3/c1-3-4-5-9-12-15(21)16(23-2)13-10-7-6-8-11-14-17(22)19-20-18/h15-16,21H,3-14H2,1-2H3. The van der Waals surface area contributed by atoms with E-state index >= 15 is 0 Å². The molecule has 0 rings (SSSR count). The highest BCUT2D eigenvalue weighted by Gasteiger charge is 2.17. The molecule has 0 saturated carbocycles. The Morgan fingerprint density at radius 1 is 1.09 bits per heavy atom. The highest BCUT2D eigenvalue weighted by atomic mass is 16.5. The van der Waals surface area contributed by atoms with Gasteiger partial charge >= 0.3 is 0 Å². The highest BCUT2D eigenvalue weighted by Crippen LogP contribution is 2.16. The first kappa shape index (κ1) is 21.9. The normalized spacial score (nSPS) is 13.3. The summed E-state index contributed by atoms with van der Waals surface area (Å²) >= 11 is 0. The number of nitrogens with zero attached hydrogens (tertiary/aromatic N) is 3. The lowest BCUT2D eigenvalue weighted by Crippen LogP contribution is -2.27. The molecule has 134 valence electrons. The number of hydrogen-bond acceptors (Lipinski definition) is 3. The summed E-state index contributed by atoms with van der Waals surface area (Å²) in [6.45, 7) is 2.18. The van der Waals surface area contributed by atoms with Crippen molar-refractivity contribution in [3.05, 3.63) is 10.4 Å². The van der Waals surface area contributed by atoms with Crippen molar-refractivity contribution in [2.24, 2.45) is 5.11 Å². The Hall–Kier alpha value is -1.10. The smallest absolute Gasteiger partial charge is 0.218 e. The van der Waals surface area contributed by atoms with Crippen LogP contribution in [0.2, 0.25) is 0 Å². The van der Waals surface area contributed by atoms with E-state index in [-0.39, 0.29) is 18.1 Å². The summed E-state index contributed by atoms with van der Waals surface area (Å²) in [6, 6.07) is 0. The molecule has 0 saturated heterocycles. The molecule has 0 heterocycles. The minimum Gasteiger partial charge on any atom is -0.390 e. The van der Waals surface area contributed by atoms with Gasteiger partial charge in [-0.1, -0.05) is 58.3 Å². The van der Waals surface area contributed by atoms with E-state index in [4.69, 9.17) is 10.3 Å². The molecule has 1 N–H and O–H groups in total. The first-order valence-electron chi connectivity index (χ1n) is 8.94. The van der Waals surface area contributed by atoms with E-state index in [9.17, 15) is 9.90 Å². The second-order valence-corrected chi connectivity index (χ2v) is 6.08. The van der Waals surface area contributed by atoms with Gasteiger partial charge in [-0.3, -0.25) is 4.79 Å². The summed E-state index contributed by atoms with van der Waals surface area (Å²) in [5.74, 6) is -0.377. The van der Waals surface area contributed by atoms with E-state index in [1.807, 2.05) is 0 Å². The Bertz CT molecular complexity index is 344. The van der Waals surface area contributed by atoms with Crippen LogP contribution in [0.4, 0.5) is 0 Å². The lowest BCUT2D eigenvalue weighted by Gasteiger charge is -2.21. The van der Waals surface area contributed by atoms with E-state index in [0.29, 0.717) is 6.42 Å². The van der Waals surface area contributed by atoms with E-state index in [1.165, 1.54) is 19.3 Å².